The van der Waals surface area contributed by atoms with E-state index in [9.17, 15) is 0 Å². The van der Waals surface area contributed by atoms with Crippen molar-refractivity contribution in [1.29, 1.82) is 0 Å². The molecule has 1 N–H and O–H groups in total. The van der Waals surface area contributed by atoms with Crippen LogP contribution in [0.5, 0.6) is 11.5 Å². The molecule has 24 heavy (non-hydrogen) atoms. The molecule has 2 aromatic rings. The number of aromatic nitrogens is 1. The van der Waals surface area contributed by atoms with Gasteiger partial charge in [0.25, 0.3) is 0 Å². The van der Waals surface area contributed by atoms with Crippen molar-refractivity contribution in [2.24, 2.45) is 0 Å². The first kappa shape index (κ1) is 17.2. The molecular formula is C18H24N2O3S. The molecular weight excluding hydrogens is 324 g/mol. The van der Waals surface area contributed by atoms with Gasteiger partial charge in [-0.2, -0.15) is 0 Å². The van der Waals surface area contributed by atoms with Crippen molar-refractivity contribution in [3.8, 4) is 11.5 Å². The smallest absolute Gasteiger partial charge is 0.160 e. The van der Waals surface area contributed by atoms with E-state index in [2.05, 4.69) is 16.4 Å². The van der Waals surface area contributed by atoms with Gasteiger partial charge in [-0.1, -0.05) is 6.07 Å². The van der Waals surface area contributed by atoms with Gasteiger partial charge in [0.15, 0.2) is 11.5 Å². The van der Waals surface area contributed by atoms with Crippen LogP contribution in [0.2, 0.25) is 0 Å². The molecule has 6 heteroatoms. The summed E-state index contributed by atoms with van der Waals surface area (Å²) in [5.74, 6) is 1.54. The molecule has 1 unspecified atom stereocenters. The van der Waals surface area contributed by atoms with Crippen molar-refractivity contribution < 1.29 is 14.2 Å². The summed E-state index contributed by atoms with van der Waals surface area (Å²) in [6.45, 7) is 2.61. The lowest BCUT2D eigenvalue weighted by Gasteiger charge is -2.09. The zero-order valence-electron chi connectivity index (χ0n) is 14.2. The molecule has 1 aromatic carbocycles. The van der Waals surface area contributed by atoms with Gasteiger partial charge in [-0.05, 0) is 43.5 Å². The molecule has 1 saturated heterocycles. The summed E-state index contributed by atoms with van der Waals surface area (Å²) in [6, 6.07) is 6.05. The fourth-order valence-electron chi connectivity index (χ4n) is 2.81. The van der Waals surface area contributed by atoms with E-state index >= 15 is 0 Å². The van der Waals surface area contributed by atoms with Crippen LogP contribution < -0.4 is 14.8 Å². The third kappa shape index (κ3) is 4.26. The highest BCUT2D eigenvalue weighted by molar-refractivity contribution is 7.11. The Kier molecular flexibility index (Phi) is 6.07. The Morgan fingerprint density at radius 1 is 1.29 bits per heavy atom. The van der Waals surface area contributed by atoms with Crippen molar-refractivity contribution in [1.82, 2.24) is 10.3 Å². The number of benzene rings is 1. The number of hydrogen-bond donors (Lipinski definition) is 1. The van der Waals surface area contributed by atoms with E-state index in [1.54, 1.807) is 25.6 Å². The van der Waals surface area contributed by atoms with Gasteiger partial charge in [0.05, 0.1) is 14.2 Å². The third-order valence-electron chi connectivity index (χ3n) is 4.11. The molecule has 1 aliphatic rings. The van der Waals surface area contributed by atoms with Crippen LogP contribution in [0.3, 0.4) is 0 Å². The molecule has 0 radical (unpaired) electrons. The van der Waals surface area contributed by atoms with E-state index < -0.39 is 0 Å². The van der Waals surface area contributed by atoms with Gasteiger partial charge in [-0.15, -0.1) is 11.3 Å². The topological polar surface area (TPSA) is 52.6 Å². The van der Waals surface area contributed by atoms with E-state index in [0.29, 0.717) is 0 Å². The molecule has 5 nitrogen and oxygen atoms in total. The summed E-state index contributed by atoms with van der Waals surface area (Å²) in [7, 11) is 3.31. The Hall–Kier alpha value is -1.63. The molecule has 130 valence electrons. The van der Waals surface area contributed by atoms with Crippen molar-refractivity contribution in [2.45, 2.75) is 31.9 Å². The van der Waals surface area contributed by atoms with Crippen LogP contribution in [0.4, 0.5) is 0 Å². The lowest BCUT2D eigenvalue weighted by Crippen LogP contribution is -2.16. The number of nitrogens with zero attached hydrogens (tertiary/aromatic N) is 1. The summed E-state index contributed by atoms with van der Waals surface area (Å²) in [5.41, 5.74) is 1.23. The van der Waals surface area contributed by atoms with Crippen LogP contribution in [0.15, 0.2) is 24.4 Å². The molecule has 1 aromatic heterocycles. The minimum absolute atomic E-state index is 0.218. The lowest BCUT2D eigenvalue weighted by molar-refractivity contribution is 0.111. The van der Waals surface area contributed by atoms with Crippen LogP contribution in [-0.2, 0) is 17.7 Å². The van der Waals surface area contributed by atoms with Gasteiger partial charge >= 0.3 is 0 Å². The number of thiazole rings is 1. The second-order valence-electron chi connectivity index (χ2n) is 5.78. The zero-order valence-corrected chi connectivity index (χ0v) is 15.0. The second-order valence-corrected chi connectivity index (χ2v) is 6.93. The molecule has 0 bridgehead atoms. The lowest BCUT2D eigenvalue weighted by atomic mass is 10.1. The predicted octanol–water partition coefficient (Wildman–Crippen LogP) is 3.34. The van der Waals surface area contributed by atoms with Gasteiger partial charge in [0.2, 0.25) is 0 Å². The highest BCUT2D eigenvalue weighted by Crippen LogP contribution is 2.31. The van der Waals surface area contributed by atoms with E-state index in [1.165, 1.54) is 10.4 Å². The summed E-state index contributed by atoms with van der Waals surface area (Å²) < 4.78 is 16.3. The van der Waals surface area contributed by atoms with E-state index in [-0.39, 0.29) is 6.10 Å². The first-order chi connectivity index (χ1) is 11.8. The summed E-state index contributed by atoms with van der Waals surface area (Å²) >= 11 is 1.75. The molecule has 0 amide bonds. The first-order valence-corrected chi connectivity index (χ1v) is 9.09. The molecule has 1 fully saturated rings. The van der Waals surface area contributed by atoms with E-state index in [1.807, 2.05) is 18.3 Å². The normalized spacial score (nSPS) is 17.2. The van der Waals surface area contributed by atoms with Crippen molar-refractivity contribution in [2.75, 3.05) is 27.4 Å². The first-order valence-electron chi connectivity index (χ1n) is 8.28. The van der Waals surface area contributed by atoms with Gasteiger partial charge in [-0.25, -0.2) is 4.98 Å². The van der Waals surface area contributed by atoms with Crippen molar-refractivity contribution in [3.05, 3.63) is 39.8 Å². The van der Waals surface area contributed by atoms with Crippen LogP contribution in [0.25, 0.3) is 0 Å². The monoisotopic (exact) mass is 348 g/mol. The largest absolute Gasteiger partial charge is 0.493 e. The fraction of sp³-hybridized carbons (Fsp3) is 0.500. The maximum atomic E-state index is 5.68. The summed E-state index contributed by atoms with van der Waals surface area (Å²) in [6.07, 6.45) is 5.36. The Balaban J connectivity index is 1.45. The summed E-state index contributed by atoms with van der Waals surface area (Å²) in [5, 5.41) is 4.59. The number of ether oxygens (including phenoxy) is 3. The SMILES string of the molecule is COc1ccc(CCNCc2cnc(C3CCCO3)s2)cc1OC. The molecule has 2 heterocycles. The minimum Gasteiger partial charge on any atom is -0.493 e. The van der Waals surface area contributed by atoms with Crippen molar-refractivity contribution >= 4 is 11.3 Å². The molecule has 0 aliphatic carbocycles. The molecule has 0 spiro atoms. The fourth-order valence-corrected chi connectivity index (χ4v) is 3.78. The molecule has 1 aliphatic heterocycles. The number of hydrogen-bond acceptors (Lipinski definition) is 6. The van der Waals surface area contributed by atoms with Crippen LogP contribution in [0, 0.1) is 0 Å². The highest BCUT2D eigenvalue weighted by atomic mass is 32.1. The van der Waals surface area contributed by atoms with Gasteiger partial charge in [0.1, 0.15) is 11.1 Å². The number of rotatable bonds is 8. The highest BCUT2D eigenvalue weighted by Gasteiger charge is 2.20. The second kappa shape index (κ2) is 8.46. The van der Waals surface area contributed by atoms with E-state index in [0.717, 1.165) is 55.5 Å². The number of nitrogens with one attached hydrogen (secondary N) is 1. The van der Waals surface area contributed by atoms with Crippen LogP contribution in [-0.4, -0.2) is 32.4 Å². The number of methoxy groups -OCH3 is 2. The average molecular weight is 348 g/mol. The van der Waals surface area contributed by atoms with Gasteiger partial charge < -0.3 is 19.5 Å². The van der Waals surface area contributed by atoms with Crippen LogP contribution >= 0.6 is 11.3 Å². The predicted molar refractivity (Wildman–Crippen MR) is 95.0 cm³/mol. The minimum atomic E-state index is 0.218. The zero-order chi connectivity index (χ0) is 16.8. The molecule has 0 saturated carbocycles. The van der Waals surface area contributed by atoms with Gasteiger partial charge in [0, 0.05) is 24.2 Å². The summed E-state index contributed by atoms with van der Waals surface area (Å²) in [4.78, 5) is 5.76. The maximum absolute atomic E-state index is 5.68. The van der Waals surface area contributed by atoms with Gasteiger partial charge in [-0.3, -0.25) is 0 Å². The Morgan fingerprint density at radius 3 is 2.92 bits per heavy atom. The Bertz CT molecular complexity index is 653. The quantitative estimate of drug-likeness (QED) is 0.742. The Labute approximate surface area is 147 Å². The third-order valence-corrected chi connectivity index (χ3v) is 5.20. The average Bonchev–Trinajstić information content (AvgIpc) is 3.29. The van der Waals surface area contributed by atoms with Crippen LogP contribution in [0.1, 0.15) is 34.4 Å². The Morgan fingerprint density at radius 2 is 2.17 bits per heavy atom. The van der Waals surface area contributed by atoms with Crippen molar-refractivity contribution in [3.63, 3.8) is 0 Å². The standard InChI is InChI=1S/C18H24N2O3S/c1-21-15-6-5-13(10-17(15)22-2)7-8-19-11-14-12-20-18(24-14)16-4-3-9-23-16/h5-6,10,12,16,19H,3-4,7-9,11H2,1-2H3. The van der Waals surface area contributed by atoms with E-state index in [4.69, 9.17) is 14.2 Å². The molecule has 1 atom stereocenters. The molecule has 3 rings (SSSR count). The maximum Gasteiger partial charge on any atom is 0.160 e.